The van der Waals surface area contributed by atoms with E-state index in [9.17, 15) is 4.79 Å². The lowest BCUT2D eigenvalue weighted by Gasteiger charge is -2.04. The number of pyridine rings is 1. The van der Waals surface area contributed by atoms with E-state index in [1.165, 1.54) is 37.6 Å². The average Bonchev–Trinajstić information content (AvgIpc) is 3.75. The Morgan fingerprint density at radius 1 is 1.06 bits per heavy atom. The van der Waals surface area contributed by atoms with E-state index in [0.29, 0.717) is 35.5 Å². The topological polar surface area (TPSA) is 110 Å². The molecule has 4 aromatic heterocycles. The Kier molecular flexibility index (Phi) is 6.12. The molecular formula is C23H23ClN8O. The molecule has 2 aliphatic rings. The number of aromatic nitrogens is 6. The van der Waals surface area contributed by atoms with Crippen molar-refractivity contribution in [2.75, 3.05) is 10.6 Å². The van der Waals surface area contributed by atoms with Gasteiger partial charge in [0.15, 0.2) is 0 Å². The number of hydrogen-bond acceptors (Lipinski definition) is 7. The summed E-state index contributed by atoms with van der Waals surface area (Å²) in [5.41, 5.74) is 4.31. The van der Waals surface area contributed by atoms with Crippen LogP contribution in [0.4, 0.5) is 11.6 Å². The monoisotopic (exact) mass is 462 g/mol. The Balaban J connectivity index is 0.000000190. The first-order chi connectivity index (χ1) is 16.2. The predicted octanol–water partition coefficient (Wildman–Crippen LogP) is 4.19. The molecule has 0 aromatic carbocycles. The third kappa shape index (κ3) is 5.61. The maximum absolute atomic E-state index is 10.4. The molecule has 6 rings (SSSR count). The van der Waals surface area contributed by atoms with Crippen LogP contribution in [-0.4, -0.2) is 36.0 Å². The number of nitrogens with zero attached hydrogens (tertiary/aromatic N) is 6. The van der Waals surface area contributed by atoms with Crippen LogP contribution in [0.3, 0.4) is 0 Å². The SMILES string of the molecule is Clc1cnnc(C2CC2)c1.O=CNc1cc(NCc2cn3cc(C4CC4)ccc3n2)ncn1. The number of rotatable bonds is 7. The summed E-state index contributed by atoms with van der Waals surface area (Å²) in [6.45, 7) is 0.554. The molecule has 0 aliphatic heterocycles. The summed E-state index contributed by atoms with van der Waals surface area (Å²) >= 11 is 5.71. The number of halogens is 1. The van der Waals surface area contributed by atoms with Gasteiger partial charge in [-0.3, -0.25) is 4.79 Å². The minimum Gasteiger partial charge on any atom is -0.364 e. The van der Waals surface area contributed by atoms with Crippen molar-refractivity contribution >= 4 is 35.3 Å². The fourth-order valence-corrected chi connectivity index (χ4v) is 3.67. The molecule has 33 heavy (non-hydrogen) atoms. The first-order valence-corrected chi connectivity index (χ1v) is 11.3. The molecule has 9 nitrogen and oxygen atoms in total. The summed E-state index contributed by atoms with van der Waals surface area (Å²) in [6.07, 6.45) is 12.8. The number of carbonyl (C=O) groups excluding carboxylic acids is 1. The van der Waals surface area contributed by atoms with Crippen LogP contribution < -0.4 is 10.6 Å². The van der Waals surface area contributed by atoms with Gasteiger partial charge in [-0.15, -0.1) is 0 Å². The van der Waals surface area contributed by atoms with Gasteiger partial charge in [-0.2, -0.15) is 10.2 Å². The van der Waals surface area contributed by atoms with E-state index >= 15 is 0 Å². The second-order valence-electron chi connectivity index (χ2n) is 8.21. The molecule has 1 amide bonds. The van der Waals surface area contributed by atoms with Gasteiger partial charge in [0.25, 0.3) is 0 Å². The zero-order valence-electron chi connectivity index (χ0n) is 17.9. The minimum absolute atomic E-state index is 0.460. The smallest absolute Gasteiger partial charge is 0.212 e. The number of amides is 1. The molecule has 0 spiro atoms. The molecule has 168 valence electrons. The number of nitrogens with one attached hydrogen (secondary N) is 2. The third-order valence-corrected chi connectivity index (χ3v) is 5.74. The molecule has 0 saturated heterocycles. The summed E-state index contributed by atoms with van der Waals surface area (Å²) in [5, 5.41) is 14.1. The lowest BCUT2D eigenvalue weighted by molar-refractivity contribution is -0.105. The van der Waals surface area contributed by atoms with Crippen molar-refractivity contribution in [2.45, 2.75) is 44.1 Å². The molecule has 0 radical (unpaired) electrons. The van der Waals surface area contributed by atoms with Gasteiger partial charge in [-0.25, -0.2) is 15.0 Å². The lowest BCUT2D eigenvalue weighted by atomic mass is 10.2. The maximum Gasteiger partial charge on any atom is 0.212 e. The molecule has 2 aliphatic carbocycles. The summed E-state index contributed by atoms with van der Waals surface area (Å²) < 4.78 is 2.07. The van der Waals surface area contributed by atoms with Gasteiger partial charge in [0.05, 0.1) is 29.2 Å². The van der Waals surface area contributed by atoms with Crippen molar-refractivity contribution in [3.8, 4) is 0 Å². The summed E-state index contributed by atoms with van der Waals surface area (Å²) in [6, 6.07) is 7.80. The molecule has 0 bridgehead atoms. The second kappa shape index (κ2) is 9.50. The van der Waals surface area contributed by atoms with Crippen molar-refractivity contribution < 1.29 is 4.79 Å². The lowest BCUT2D eigenvalue weighted by Crippen LogP contribution is -2.04. The van der Waals surface area contributed by atoms with Crippen molar-refractivity contribution in [3.63, 3.8) is 0 Å². The van der Waals surface area contributed by atoms with Gasteiger partial charge in [0, 0.05) is 24.4 Å². The van der Waals surface area contributed by atoms with Crippen LogP contribution in [0.5, 0.6) is 0 Å². The first kappa shape index (κ1) is 21.3. The highest BCUT2D eigenvalue weighted by Gasteiger charge is 2.25. The maximum atomic E-state index is 10.4. The largest absolute Gasteiger partial charge is 0.364 e. The van der Waals surface area contributed by atoms with Gasteiger partial charge < -0.3 is 15.0 Å². The molecule has 2 saturated carbocycles. The average molecular weight is 463 g/mol. The van der Waals surface area contributed by atoms with Crippen LogP contribution in [-0.2, 0) is 11.3 Å². The summed E-state index contributed by atoms with van der Waals surface area (Å²) in [5.74, 6) is 2.47. The van der Waals surface area contributed by atoms with Crippen molar-refractivity contribution in [1.82, 2.24) is 29.5 Å². The molecule has 0 atom stereocenters. The molecule has 0 unspecified atom stereocenters. The van der Waals surface area contributed by atoms with Crippen LogP contribution >= 0.6 is 11.6 Å². The number of anilines is 2. The highest BCUT2D eigenvalue weighted by atomic mass is 35.5. The van der Waals surface area contributed by atoms with E-state index in [0.717, 1.165) is 23.0 Å². The van der Waals surface area contributed by atoms with Crippen molar-refractivity contribution in [2.24, 2.45) is 0 Å². The van der Waals surface area contributed by atoms with Crippen LogP contribution in [0.15, 0.2) is 49.2 Å². The van der Waals surface area contributed by atoms with Gasteiger partial charge >= 0.3 is 0 Å². The minimum atomic E-state index is 0.460. The van der Waals surface area contributed by atoms with Gasteiger partial charge in [0.2, 0.25) is 6.41 Å². The third-order valence-electron chi connectivity index (χ3n) is 5.53. The molecule has 2 fully saturated rings. The van der Waals surface area contributed by atoms with Crippen LogP contribution in [0.1, 0.15) is 54.5 Å². The number of imidazole rings is 1. The standard InChI is InChI=1S/C16H16N6O.C7H7ClN2/c23-10-20-15-5-14(18-9-19-15)17-6-13-8-22-7-12(11-1-2-11)3-4-16(22)21-13;8-6-3-7(5-1-2-5)10-9-4-6/h3-5,7-11H,1-2,6H2,(H2,17,18,19,20,23);3-5H,1-2H2. The number of hydrogen-bond donors (Lipinski definition) is 2. The summed E-state index contributed by atoms with van der Waals surface area (Å²) in [7, 11) is 0. The number of fused-ring (bicyclic) bond motifs is 1. The van der Waals surface area contributed by atoms with E-state index in [4.69, 9.17) is 11.6 Å². The molecular weight excluding hydrogens is 440 g/mol. The molecule has 4 heterocycles. The first-order valence-electron chi connectivity index (χ1n) is 10.9. The van der Waals surface area contributed by atoms with E-state index in [1.807, 2.05) is 12.3 Å². The zero-order valence-corrected chi connectivity index (χ0v) is 18.6. The fraction of sp³-hybridized carbons (Fsp3) is 0.304. The molecule has 4 aromatic rings. The Morgan fingerprint density at radius 2 is 1.88 bits per heavy atom. The van der Waals surface area contributed by atoms with Crippen LogP contribution in [0.25, 0.3) is 5.65 Å². The molecule has 2 N–H and O–H groups in total. The van der Waals surface area contributed by atoms with E-state index < -0.39 is 0 Å². The van der Waals surface area contributed by atoms with Crippen LogP contribution in [0.2, 0.25) is 5.02 Å². The Labute approximate surface area is 195 Å². The van der Waals surface area contributed by atoms with E-state index in [-0.39, 0.29) is 0 Å². The van der Waals surface area contributed by atoms with E-state index in [1.54, 1.807) is 12.3 Å². The van der Waals surface area contributed by atoms with Gasteiger partial charge in [-0.1, -0.05) is 17.7 Å². The predicted molar refractivity (Wildman–Crippen MR) is 125 cm³/mol. The second-order valence-corrected chi connectivity index (χ2v) is 8.65. The van der Waals surface area contributed by atoms with Gasteiger partial charge in [0.1, 0.15) is 23.6 Å². The van der Waals surface area contributed by atoms with Gasteiger partial charge in [-0.05, 0) is 49.3 Å². The molecule has 10 heteroatoms. The highest BCUT2D eigenvalue weighted by molar-refractivity contribution is 6.30. The normalized spacial score (nSPS) is 14.9. The quantitative estimate of drug-likeness (QED) is 0.396. The zero-order chi connectivity index (χ0) is 22.6. The number of carbonyl (C=O) groups is 1. The summed E-state index contributed by atoms with van der Waals surface area (Å²) in [4.78, 5) is 23.1. The van der Waals surface area contributed by atoms with Crippen LogP contribution in [0, 0.1) is 0 Å². The Bertz CT molecular complexity index is 1270. The highest BCUT2D eigenvalue weighted by Crippen LogP contribution is 2.40. The van der Waals surface area contributed by atoms with Crippen molar-refractivity contribution in [1.29, 1.82) is 0 Å². The Hall–Kier alpha value is -3.59. The fourth-order valence-electron chi connectivity index (χ4n) is 3.52. The Morgan fingerprint density at radius 3 is 2.64 bits per heavy atom. The van der Waals surface area contributed by atoms with E-state index in [2.05, 4.69) is 58.5 Å². The van der Waals surface area contributed by atoms with Crippen molar-refractivity contribution in [3.05, 3.63) is 71.2 Å².